The molecule has 1 aromatic heterocycles. The Hall–Kier alpha value is -0.620. The summed E-state index contributed by atoms with van der Waals surface area (Å²) >= 11 is 1.38. The highest BCUT2D eigenvalue weighted by Gasteiger charge is 2.03. The predicted octanol–water partition coefficient (Wildman–Crippen LogP) is 1.41. The van der Waals surface area contributed by atoms with Crippen LogP contribution in [0.25, 0.3) is 0 Å². The fourth-order valence-electron chi connectivity index (χ4n) is 0.770. The number of nitrogens with zero attached hydrogens (tertiary/aromatic N) is 1. The molecule has 1 aromatic rings. The highest BCUT2D eigenvalue weighted by atomic mass is 79.9. The summed E-state index contributed by atoms with van der Waals surface area (Å²) in [7, 11) is 1.37. The third-order valence-corrected chi connectivity index (χ3v) is 2.11. The number of hydrogen-bond donors (Lipinski definition) is 1. The van der Waals surface area contributed by atoms with Crippen LogP contribution in [-0.4, -0.2) is 18.1 Å². The molecule has 1 rings (SSSR count). The van der Waals surface area contributed by atoms with E-state index in [1.807, 2.05) is 5.38 Å². The Morgan fingerprint density at radius 1 is 1.77 bits per heavy atom. The zero-order chi connectivity index (χ0) is 8.97. The van der Waals surface area contributed by atoms with E-state index in [1.165, 1.54) is 18.4 Å². The largest absolute Gasteiger partial charge is 0.469 e. The van der Waals surface area contributed by atoms with Crippen LogP contribution in [0.4, 0.5) is 5.13 Å². The van der Waals surface area contributed by atoms with Crippen LogP contribution < -0.4 is 5.73 Å². The minimum Gasteiger partial charge on any atom is -0.469 e. The lowest BCUT2D eigenvalue weighted by molar-refractivity contribution is -0.140. The molecule has 4 nitrogen and oxygen atoms in total. The molecule has 0 radical (unpaired) electrons. The van der Waals surface area contributed by atoms with Crippen LogP contribution >= 0.6 is 28.3 Å². The fraction of sp³-hybridized carbons (Fsp3) is 0.429. The minimum absolute atomic E-state index is 0. The number of hydrogen-bond acceptors (Lipinski definition) is 5. The molecule has 0 unspecified atom stereocenters. The Labute approximate surface area is 90.9 Å². The number of anilines is 1. The average Bonchev–Trinajstić information content (AvgIpc) is 2.47. The lowest BCUT2D eigenvalue weighted by Crippen LogP contribution is -2.02. The van der Waals surface area contributed by atoms with Gasteiger partial charge in [0, 0.05) is 11.8 Å². The van der Waals surface area contributed by atoms with Crippen molar-refractivity contribution in [3.63, 3.8) is 0 Å². The van der Waals surface area contributed by atoms with Gasteiger partial charge in [0.25, 0.3) is 0 Å². The molecular formula is C7H11BrN2O2S. The smallest absolute Gasteiger partial charge is 0.305 e. The summed E-state index contributed by atoms with van der Waals surface area (Å²) in [6, 6.07) is 0. The molecule has 1 heterocycles. The van der Waals surface area contributed by atoms with Gasteiger partial charge in [-0.25, -0.2) is 4.98 Å². The number of ether oxygens (including phenoxy) is 1. The summed E-state index contributed by atoms with van der Waals surface area (Å²) in [5, 5.41) is 2.38. The van der Waals surface area contributed by atoms with Crippen molar-refractivity contribution in [3.05, 3.63) is 11.1 Å². The zero-order valence-corrected chi connectivity index (χ0v) is 9.68. The van der Waals surface area contributed by atoms with E-state index in [4.69, 9.17) is 5.73 Å². The maximum Gasteiger partial charge on any atom is 0.305 e. The third-order valence-electron chi connectivity index (χ3n) is 1.38. The van der Waals surface area contributed by atoms with E-state index in [9.17, 15) is 4.79 Å². The van der Waals surface area contributed by atoms with E-state index in [0.29, 0.717) is 18.0 Å². The first-order valence-corrected chi connectivity index (χ1v) is 4.37. The highest BCUT2D eigenvalue weighted by molar-refractivity contribution is 8.93. The number of aromatic nitrogens is 1. The summed E-state index contributed by atoms with van der Waals surface area (Å²) in [6.07, 6.45) is 0.958. The topological polar surface area (TPSA) is 65.2 Å². The van der Waals surface area contributed by atoms with Crippen LogP contribution in [0, 0.1) is 0 Å². The van der Waals surface area contributed by atoms with Crippen molar-refractivity contribution in [3.8, 4) is 0 Å². The van der Waals surface area contributed by atoms with E-state index in [0.717, 1.165) is 5.69 Å². The van der Waals surface area contributed by atoms with Crippen LogP contribution in [0.5, 0.6) is 0 Å². The summed E-state index contributed by atoms with van der Waals surface area (Å²) < 4.78 is 4.48. The monoisotopic (exact) mass is 266 g/mol. The number of methoxy groups -OCH3 is 1. The van der Waals surface area contributed by atoms with Crippen molar-refractivity contribution in [1.29, 1.82) is 0 Å². The van der Waals surface area contributed by atoms with Crippen LogP contribution in [-0.2, 0) is 16.0 Å². The molecule has 0 spiro atoms. The van der Waals surface area contributed by atoms with E-state index >= 15 is 0 Å². The molecular weight excluding hydrogens is 256 g/mol. The van der Waals surface area contributed by atoms with Crippen molar-refractivity contribution in [1.82, 2.24) is 4.98 Å². The summed E-state index contributed by atoms with van der Waals surface area (Å²) in [6.45, 7) is 0. The summed E-state index contributed by atoms with van der Waals surface area (Å²) in [5.41, 5.74) is 6.26. The number of nitrogen functional groups attached to an aromatic ring is 1. The first-order valence-electron chi connectivity index (χ1n) is 3.49. The SMILES string of the molecule is Br.COC(=O)CCc1csc(N)n1. The molecule has 0 atom stereocenters. The van der Waals surface area contributed by atoms with Gasteiger partial charge in [-0.3, -0.25) is 4.79 Å². The van der Waals surface area contributed by atoms with Crippen LogP contribution in [0.2, 0.25) is 0 Å². The lowest BCUT2D eigenvalue weighted by Gasteiger charge is -1.95. The van der Waals surface area contributed by atoms with Crippen LogP contribution in [0.15, 0.2) is 5.38 Å². The van der Waals surface area contributed by atoms with Crippen molar-refractivity contribution in [2.24, 2.45) is 0 Å². The Morgan fingerprint density at radius 3 is 2.92 bits per heavy atom. The molecule has 0 bridgehead atoms. The average molecular weight is 267 g/mol. The number of esters is 1. The lowest BCUT2D eigenvalue weighted by atomic mass is 10.2. The van der Waals surface area contributed by atoms with Crippen LogP contribution in [0.3, 0.4) is 0 Å². The van der Waals surface area contributed by atoms with Crippen molar-refractivity contribution in [2.75, 3.05) is 12.8 Å². The summed E-state index contributed by atoms with van der Waals surface area (Å²) in [5.74, 6) is -0.221. The Kier molecular flexibility index (Phi) is 5.65. The maximum atomic E-state index is 10.7. The fourth-order valence-corrected chi connectivity index (χ4v) is 1.37. The van der Waals surface area contributed by atoms with E-state index < -0.39 is 0 Å². The van der Waals surface area contributed by atoms with Gasteiger partial charge < -0.3 is 10.5 Å². The number of nitrogens with two attached hydrogens (primary N) is 1. The summed E-state index contributed by atoms with van der Waals surface area (Å²) in [4.78, 5) is 14.7. The third kappa shape index (κ3) is 4.23. The van der Waals surface area contributed by atoms with Gasteiger partial charge in [-0.2, -0.15) is 0 Å². The second-order valence-corrected chi connectivity index (χ2v) is 3.14. The maximum absolute atomic E-state index is 10.7. The number of aryl methyl sites for hydroxylation is 1. The van der Waals surface area contributed by atoms with Crippen molar-refractivity contribution >= 4 is 39.4 Å². The van der Waals surface area contributed by atoms with Crippen molar-refractivity contribution < 1.29 is 9.53 Å². The second kappa shape index (κ2) is 5.93. The number of halogens is 1. The second-order valence-electron chi connectivity index (χ2n) is 2.25. The number of rotatable bonds is 3. The predicted molar refractivity (Wildman–Crippen MR) is 57.2 cm³/mol. The number of carbonyl (C=O) groups is 1. The highest BCUT2D eigenvalue weighted by Crippen LogP contribution is 2.12. The minimum atomic E-state index is -0.221. The van der Waals surface area contributed by atoms with Gasteiger partial charge in [0.05, 0.1) is 19.2 Å². The Balaban J connectivity index is 0.00000144. The Morgan fingerprint density at radius 2 is 2.46 bits per heavy atom. The quantitative estimate of drug-likeness (QED) is 0.841. The Bertz CT molecular complexity index is 277. The van der Waals surface area contributed by atoms with Gasteiger partial charge in [-0.05, 0) is 0 Å². The number of carbonyl (C=O) groups excluding carboxylic acids is 1. The molecule has 0 aliphatic carbocycles. The molecule has 0 aliphatic heterocycles. The van der Waals surface area contributed by atoms with Crippen LogP contribution in [0.1, 0.15) is 12.1 Å². The van der Waals surface area contributed by atoms with Gasteiger partial charge in [0.15, 0.2) is 5.13 Å². The molecule has 0 saturated heterocycles. The van der Waals surface area contributed by atoms with Crippen molar-refractivity contribution in [2.45, 2.75) is 12.8 Å². The molecule has 0 saturated carbocycles. The molecule has 0 amide bonds. The standard InChI is InChI=1S/C7H10N2O2S.BrH/c1-11-6(10)3-2-5-4-12-7(8)9-5;/h4H,2-3H2,1H3,(H2,8,9);1H. The molecule has 74 valence electrons. The zero-order valence-electron chi connectivity index (χ0n) is 7.15. The van der Waals surface area contributed by atoms with Gasteiger partial charge in [0.2, 0.25) is 0 Å². The normalized spacial score (nSPS) is 9.00. The molecule has 0 fully saturated rings. The van der Waals surface area contributed by atoms with Gasteiger partial charge in [-0.1, -0.05) is 0 Å². The molecule has 0 aliphatic rings. The van der Waals surface area contributed by atoms with E-state index in [-0.39, 0.29) is 23.0 Å². The van der Waals surface area contributed by atoms with Gasteiger partial charge in [0.1, 0.15) is 0 Å². The molecule has 6 heteroatoms. The molecule has 0 aromatic carbocycles. The molecule has 2 N–H and O–H groups in total. The van der Waals surface area contributed by atoms with E-state index in [2.05, 4.69) is 9.72 Å². The van der Waals surface area contributed by atoms with Gasteiger partial charge >= 0.3 is 5.97 Å². The van der Waals surface area contributed by atoms with Gasteiger partial charge in [-0.15, -0.1) is 28.3 Å². The first kappa shape index (κ1) is 12.4. The number of thiazole rings is 1. The first-order chi connectivity index (χ1) is 5.72. The molecule has 13 heavy (non-hydrogen) atoms. The van der Waals surface area contributed by atoms with E-state index in [1.54, 1.807) is 0 Å².